The number of aromatic nitrogens is 2. The molecule has 1 aromatic carbocycles. The van der Waals surface area contributed by atoms with Crippen molar-refractivity contribution in [1.82, 2.24) is 10.3 Å². The molecule has 1 aliphatic rings. The Bertz CT molecular complexity index is 626. The molecule has 8 nitrogen and oxygen atoms in total. The van der Waals surface area contributed by atoms with Gasteiger partial charge in [-0.2, -0.15) is 0 Å². The number of ether oxygens (including phenoxy) is 1. The SMILES string of the molecule is NC(=O)C1COCCN1c1ccc(N)c2nonc12. The van der Waals surface area contributed by atoms with Crippen LogP contribution in [0.15, 0.2) is 16.8 Å². The smallest absolute Gasteiger partial charge is 0.242 e. The Labute approximate surface area is 108 Å². The fraction of sp³-hybridized carbons (Fsp3) is 0.364. The van der Waals surface area contributed by atoms with E-state index < -0.39 is 11.9 Å². The summed E-state index contributed by atoms with van der Waals surface area (Å²) in [5.41, 5.74) is 13.4. The third-order valence-electron chi connectivity index (χ3n) is 3.19. The number of amides is 1. The van der Waals surface area contributed by atoms with Gasteiger partial charge in [0.05, 0.1) is 24.6 Å². The fourth-order valence-corrected chi connectivity index (χ4v) is 2.23. The number of nitrogens with zero attached hydrogens (tertiary/aromatic N) is 3. The number of rotatable bonds is 2. The summed E-state index contributed by atoms with van der Waals surface area (Å²) < 4.78 is 10.0. The van der Waals surface area contributed by atoms with Gasteiger partial charge >= 0.3 is 0 Å². The predicted octanol–water partition coefficient (Wildman–Crippen LogP) is -0.504. The molecule has 0 spiro atoms. The summed E-state index contributed by atoms with van der Waals surface area (Å²) in [5, 5.41) is 7.61. The second kappa shape index (κ2) is 4.39. The minimum Gasteiger partial charge on any atom is -0.397 e. The number of carbonyl (C=O) groups is 1. The van der Waals surface area contributed by atoms with Crippen LogP contribution in [0.5, 0.6) is 0 Å². The first kappa shape index (κ1) is 11.7. The first-order valence-corrected chi connectivity index (χ1v) is 5.83. The highest BCUT2D eigenvalue weighted by atomic mass is 16.6. The molecule has 0 radical (unpaired) electrons. The van der Waals surface area contributed by atoms with Crippen molar-refractivity contribution in [1.29, 1.82) is 0 Å². The van der Waals surface area contributed by atoms with Crippen molar-refractivity contribution in [2.24, 2.45) is 5.73 Å². The van der Waals surface area contributed by atoms with E-state index in [9.17, 15) is 4.79 Å². The molecule has 3 rings (SSSR count). The lowest BCUT2D eigenvalue weighted by atomic mass is 10.1. The van der Waals surface area contributed by atoms with E-state index in [1.165, 1.54) is 0 Å². The van der Waals surface area contributed by atoms with E-state index in [1.807, 2.05) is 4.90 Å². The average molecular weight is 263 g/mol. The maximum atomic E-state index is 11.5. The predicted molar refractivity (Wildman–Crippen MR) is 67.4 cm³/mol. The molecule has 1 atom stereocenters. The van der Waals surface area contributed by atoms with E-state index in [2.05, 4.69) is 10.3 Å². The summed E-state index contributed by atoms with van der Waals surface area (Å²) in [7, 11) is 0. The molecule has 100 valence electrons. The van der Waals surface area contributed by atoms with Gasteiger partial charge in [-0.15, -0.1) is 0 Å². The zero-order valence-electron chi connectivity index (χ0n) is 10.1. The maximum absolute atomic E-state index is 11.5. The first-order valence-electron chi connectivity index (χ1n) is 5.83. The molecule has 2 heterocycles. The molecule has 1 aromatic heterocycles. The summed E-state index contributed by atoms with van der Waals surface area (Å²) in [4.78, 5) is 13.3. The van der Waals surface area contributed by atoms with Crippen LogP contribution in [0.1, 0.15) is 0 Å². The van der Waals surface area contributed by atoms with E-state index >= 15 is 0 Å². The molecule has 19 heavy (non-hydrogen) atoms. The van der Waals surface area contributed by atoms with E-state index in [1.54, 1.807) is 12.1 Å². The van der Waals surface area contributed by atoms with Gasteiger partial charge in [-0.3, -0.25) is 4.79 Å². The number of hydrogen-bond donors (Lipinski definition) is 2. The van der Waals surface area contributed by atoms with Crippen molar-refractivity contribution in [2.45, 2.75) is 6.04 Å². The highest BCUT2D eigenvalue weighted by Gasteiger charge is 2.30. The number of morpholine rings is 1. The molecule has 8 heteroatoms. The Morgan fingerprint density at radius 2 is 2.16 bits per heavy atom. The number of nitrogen functional groups attached to an aromatic ring is 1. The van der Waals surface area contributed by atoms with Crippen LogP contribution in [0.3, 0.4) is 0 Å². The minimum absolute atomic E-state index is 0.256. The largest absolute Gasteiger partial charge is 0.397 e. The number of benzene rings is 1. The molecule has 1 amide bonds. The van der Waals surface area contributed by atoms with Crippen LogP contribution < -0.4 is 16.4 Å². The molecule has 0 bridgehead atoms. The molecule has 2 aromatic rings. The number of hydrogen-bond acceptors (Lipinski definition) is 7. The lowest BCUT2D eigenvalue weighted by Gasteiger charge is -2.35. The molecule has 1 unspecified atom stereocenters. The highest BCUT2D eigenvalue weighted by molar-refractivity contribution is 5.97. The number of carbonyl (C=O) groups excluding carboxylic acids is 1. The van der Waals surface area contributed by atoms with E-state index in [-0.39, 0.29) is 6.61 Å². The molecule has 0 saturated carbocycles. The number of fused-ring (bicyclic) bond motifs is 1. The molecule has 4 N–H and O–H groups in total. The average Bonchev–Trinajstić information content (AvgIpc) is 2.89. The lowest BCUT2D eigenvalue weighted by molar-refractivity contribution is -0.121. The topological polar surface area (TPSA) is 121 Å². The van der Waals surface area contributed by atoms with Crippen LogP contribution in [0, 0.1) is 0 Å². The summed E-state index contributed by atoms with van der Waals surface area (Å²) in [6.45, 7) is 1.31. The van der Waals surface area contributed by atoms with Gasteiger partial charge in [0.2, 0.25) is 5.91 Å². The normalized spacial score (nSPS) is 19.8. The van der Waals surface area contributed by atoms with E-state index in [0.29, 0.717) is 29.9 Å². The van der Waals surface area contributed by atoms with Crippen molar-refractivity contribution in [3.63, 3.8) is 0 Å². The molecular formula is C11H13N5O3. The zero-order chi connectivity index (χ0) is 13.4. The maximum Gasteiger partial charge on any atom is 0.242 e. The van der Waals surface area contributed by atoms with Gasteiger partial charge in [-0.1, -0.05) is 0 Å². The molecule has 1 fully saturated rings. The van der Waals surface area contributed by atoms with Crippen LogP contribution in [0.25, 0.3) is 11.0 Å². The standard InChI is InChI=1S/C11H13N5O3/c12-6-1-2-7(10-9(6)14-19-15-10)16-3-4-18-5-8(16)11(13)17/h1-2,8H,3-5,12H2,(H2,13,17). The van der Waals surface area contributed by atoms with Crippen LogP contribution in [-0.2, 0) is 9.53 Å². The van der Waals surface area contributed by atoms with Gasteiger partial charge in [0, 0.05) is 6.54 Å². The monoisotopic (exact) mass is 263 g/mol. The summed E-state index contributed by atoms with van der Waals surface area (Å²) in [6.07, 6.45) is 0. The van der Waals surface area contributed by atoms with Gasteiger partial charge in [-0.25, -0.2) is 4.63 Å². The number of primary amides is 1. The Kier molecular flexibility index (Phi) is 2.71. The van der Waals surface area contributed by atoms with Crippen LogP contribution >= 0.6 is 0 Å². The fourth-order valence-electron chi connectivity index (χ4n) is 2.23. The lowest BCUT2D eigenvalue weighted by Crippen LogP contribution is -2.52. The van der Waals surface area contributed by atoms with Gasteiger partial charge in [0.15, 0.2) is 11.0 Å². The second-order valence-corrected chi connectivity index (χ2v) is 4.32. The van der Waals surface area contributed by atoms with Crippen molar-refractivity contribution < 1.29 is 14.2 Å². The first-order chi connectivity index (χ1) is 9.18. The second-order valence-electron chi connectivity index (χ2n) is 4.32. The van der Waals surface area contributed by atoms with Crippen molar-refractivity contribution in [2.75, 3.05) is 30.4 Å². The van der Waals surface area contributed by atoms with Gasteiger partial charge in [-0.05, 0) is 22.4 Å². The molecular weight excluding hydrogens is 250 g/mol. The minimum atomic E-state index is -0.530. The zero-order valence-corrected chi connectivity index (χ0v) is 10.1. The Morgan fingerprint density at radius 1 is 1.37 bits per heavy atom. The summed E-state index contributed by atoms with van der Waals surface area (Å²) in [6, 6.07) is 2.95. The quantitative estimate of drug-likeness (QED) is 0.700. The van der Waals surface area contributed by atoms with Crippen molar-refractivity contribution in [3.05, 3.63) is 12.1 Å². The summed E-state index contributed by atoms with van der Waals surface area (Å²) in [5.74, 6) is -0.443. The van der Waals surface area contributed by atoms with E-state index in [0.717, 1.165) is 5.69 Å². The van der Waals surface area contributed by atoms with Crippen LogP contribution in [0.4, 0.5) is 11.4 Å². The Hall–Kier alpha value is -2.35. The molecule has 0 aliphatic carbocycles. The van der Waals surface area contributed by atoms with Crippen LogP contribution in [-0.4, -0.2) is 42.0 Å². The third kappa shape index (κ3) is 1.85. The summed E-state index contributed by atoms with van der Waals surface area (Å²) >= 11 is 0. The third-order valence-corrected chi connectivity index (χ3v) is 3.19. The van der Waals surface area contributed by atoms with Crippen molar-refractivity contribution in [3.8, 4) is 0 Å². The number of anilines is 2. The molecule has 1 saturated heterocycles. The van der Waals surface area contributed by atoms with Gasteiger partial charge < -0.3 is 21.1 Å². The van der Waals surface area contributed by atoms with Gasteiger partial charge in [0.1, 0.15) is 6.04 Å². The van der Waals surface area contributed by atoms with Crippen molar-refractivity contribution >= 4 is 28.3 Å². The Balaban J connectivity index is 2.09. The highest BCUT2D eigenvalue weighted by Crippen LogP contribution is 2.30. The van der Waals surface area contributed by atoms with Gasteiger partial charge in [0.25, 0.3) is 0 Å². The van der Waals surface area contributed by atoms with Crippen LogP contribution in [0.2, 0.25) is 0 Å². The molecule has 1 aliphatic heterocycles. The Morgan fingerprint density at radius 3 is 2.95 bits per heavy atom. The van der Waals surface area contributed by atoms with E-state index in [4.69, 9.17) is 20.8 Å². The number of nitrogens with two attached hydrogens (primary N) is 2.